The van der Waals surface area contributed by atoms with Crippen LogP contribution < -0.4 is 9.47 Å². The number of rotatable bonds is 11. The molecule has 174 valence electrons. The summed E-state index contributed by atoms with van der Waals surface area (Å²) in [5.74, 6) is -0.816. The van der Waals surface area contributed by atoms with Crippen LogP contribution in [0.25, 0.3) is 0 Å². The molecule has 1 aliphatic carbocycles. The molecule has 9 heteroatoms. The van der Waals surface area contributed by atoms with Crippen LogP contribution in [-0.2, 0) is 28.8 Å². The average molecular weight is 464 g/mol. The van der Waals surface area contributed by atoms with E-state index in [2.05, 4.69) is 4.98 Å². The van der Waals surface area contributed by atoms with Crippen molar-refractivity contribution in [3.05, 3.63) is 38.8 Å². The molecule has 0 aliphatic heterocycles. The lowest BCUT2D eigenvalue weighted by molar-refractivity contribution is -0.136. The van der Waals surface area contributed by atoms with Crippen molar-refractivity contribution in [3.8, 4) is 11.5 Å². The molecule has 1 aromatic carbocycles. The molecule has 1 fully saturated rings. The van der Waals surface area contributed by atoms with Gasteiger partial charge >= 0.3 is 11.9 Å². The molecule has 32 heavy (non-hydrogen) atoms. The highest BCUT2D eigenvalue weighted by atomic mass is 32.1. The molecule has 0 bridgehead atoms. The molecule has 0 amide bonds. The molecule has 3 rings (SSSR count). The molecule has 1 saturated carbocycles. The van der Waals surface area contributed by atoms with Gasteiger partial charge in [-0.25, -0.2) is 9.78 Å². The minimum absolute atomic E-state index is 0.0271. The van der Waals surface area contributed by atoms with Crippen LogP contribution in [0.5, 0.6) is 11.5 Å². The highest BCUT2D eigenvalue weighted by Gasteiger charge is 2.25. The van der Waals surface area contributed by atoms with E-state index in [-0.39, 0.29) is 22.8 Å². The summed E-state index contributed by atoms with van der Waals surface area (Å²) in [6.07, 6.45) is 4.74. The monoisotopic (exact) mass is 463 g/mol. The standard InChI is InChI=1S/C23H29NO7S/c1-13-18(29-2)9-14(10-19(13)30-3)8-16(31-15-6-4-5-7-15)11-20-24-17(12-21(25)26)22(32-20)23(27)28/h9-10,15-16H,4-8,11-12H2,1-3H3,(H,25,26)(H,27,28)/t16-/m1/s1. The van der Waals surface area contributed by atoms with Gasteiger partial charge in [0.2, 0.25) is 0 Å². The summed E-state index contributed by atoms with van der Waals surface area (Å²) in [6.45, 7) is 1.93. The Kier molecular flexibility index (Phi) is 8.09. The van der Waals surface area contributed by atoms with E-state index in [0.717, 1.165) is 59.6 Å². The second-order valence-corrected chi connectivity index (χ2v) is 9.04. The number of aliphatic carboxylic acids is 1. The van der Waals surface area contributed by atoms with Gasteiger partial charge in [-0.1, -0.05) is 12.8 Å². The Balaban J connectivity index is 1.87. The molecule has 0 unspecified atom stereocenters. The summed E-state index contributed by atoms with van der Waals surface area (Å²) < 4.78 is 17.4. The van der Waals surface area contributed by atoms with E-state index in [4.69, 9.17) is 19.3 Å². The van der Waals surface area contributed by atoms with Crippen LogP contribution in [0.4, 0.5) is 0 Å². The first-order chi connectivity index (χ1) is 15.3. The Morgan fingerprint density at radius 2 is 1.75 bits per heavy atom. The maximum absolute atomic E-state index is 11.6. The number of benzene rings is 1. The lowest BCUT2D eigenvalue weighted by Crippen LogP contribution is -2.24. The number of aromatic nitrogens is 1. The van der Waals surface area contributed by atoms with Crippen molar-refractivity contribution in [2.75, 3.05) is 14.2 Å². The summed E-state index contributed by atoms with van der Waals surface area (Å²) >= 11 is 1.02. The van der Waals surface area contributed by atoms with Gasteiger partial charge in [0, 0.05) is 12.0 Å². The van der Waals surface area contributed by atoms with Crippen LogP contribution in [0.15, 0.2) is 12.1 Å². The minimum Gasteiger partial charge on any atom is -0.496 e. The minimum atomic E-state index is -1.16. The maximum atomic E-state index is 11.6. The van der Waals surface area contributed by atoms with Gasteiger partial charge < -0.3 is 24.4 Å². The van der Waals surface area contributed by atoms with E-state index >= 15 is 0 Å². The van der Waals surface area contributed by atoms with Gasteiger partial charge in [-0.15, -0.1) is 11.3 Å². The number of hydrogen-bond acceptors (Lipinski definition) is 7. The number of carbonyl (C=O) groups is 2. The van der Waals surface area contributed by atoms with Gasteiger partial charge in [0.15, 0.2) is 0 Å². The van der Waals surface area contributed by atoms with Crippen molar-refractivity contribution in [2.45, 2.75) is 64.1 Å². The predicted octanol–water partition coefficient (Wildman–Crippen LogP) is 3.91. The Hall–Kier alpha value is -2.65. The lowest BCUT2D eigenvalue weighted by atomic mass is 10.0. The zero-order valence-corrected chi connectivity index (χ0v) is 19.4. The second-order valence-electron chi connectivity index (χ2n) is 7.96. The van der Waals surface area contributed by atoms with Crippen molar-refractivity contribution >= 4 is 23.3 Å². The number of methoxy groups -OCH3 is 2. The zero-order chi connectivity index (χ0) is 23.3. The van der Waals surface area contributed by atoms with Crippen molar-refractivity contribution in [1.29, 1.82) is 0 Å². The van der Waals surface area contributed by atoms with Crippen LogP contribution >= 0.6 is 11.3 Å². The zero-order valence-electron chi connectivity index (χ0n) is 18.6. The third-order valence-corrected chi connectivity index (χ3v) is 6.73. The van der Waals surface area contributed by atoms with Gasteiger partial charge in [-0.05, 0) is 43.9 Å². The number of carboxylic acid groups (broad SMARTS) is 2. The molecular formula is C23H29NO7S. The Labute approximate surface area is 191 Å². The molecular weight excluding hydrogens is 434 g/mol. The maximum Gasteiger partial charge on any atom is 0.347 e. The van der Waals surface area contributed by atoms with Gasteiger partial charge in [-0.2, -0.15) is 0 Å². The number of aromatic carboxylic acids is 1. The summed E-state index contributed by atoms with van der Waals surface area (Å²) in [6, 6.07) is 3.92. The van der Waals surface area contributed by atoms with Crippen LogP contribution in [0.2, 0.25) is 0 Å². The van der Waals surface area contributed by atoms with E-state index in [9.17, 15) is 14.7 Å². The third-order valence-electron chi connectivity index (χ3n) is 5.62. The first-order valence-electron chi connectivity index (χ1n) is 10.6. The smallest absolute Gasteiger partial charge is 0.347 e. The molecule has 0 radical (unpaired) electrons. The first-order valence-corrected chi connectivity index (χ1v) is 11.4. The van der Waals surface area contributed by atoms with E-state index in [1.54, 1.807) is 14.2 Å². The molecule has 8 nitrogen and oxygen atoms in total. The van der Waals surface area contributed by atoms with E-state index in [0.29, 0.717) is 17.8 Å². The molecule has 1 aromatic heterocycles. The summed E-state index contributed by atoms with van der Waals surface area (Å²) in [4.78, 5) is 27.0. The fraction of sp³-hybridized carbons (Fsp3) is 0.522. The van der Waals surface area contributed by atoms with Crippen molar-refractivity contribution < 1.29 is 34.0 Å². The SMILES string of the molecule is COc1cc(C[C@H](Cc2nc(CC(=O)O)c(C(=O)O)s2)OC2CCCC2)cc(OC)c1C. The molecule has 0 spiro atoms. The molecule has 0 saturated heterocycles. The molecule has 1 aliphatic rings. The second kappa shape index (κ2) is 10.8. The highest BCUT2D eigenvalue weighted by molar-refractivity contribution is 7.13. The van der Waals surface area contributed by atoms with Crippen molar-refractivity contribution in [2.24, 2.45) is 0 Å². The number of ether oxygens (including phenoxy) is 3. The highest BCUT2D eigenvalue weighted by Crippen LogP contribution is 2.32. The molecule has 1 heterocycles. The van der Waals surface area contributed by atoms with Gasteiger partial charge in [0.25, 0.3) is 0 Å². The Bertz CT molecular complexity index is 940. The quantitative estimate of drug-likeness (QED) is 0.515. The first kappa shape index (κ1) is 24.0. The summed E-state index contributed by atoms with van der Waals surface area (Å²) in [5.41, 5.74) is 1.98. The van der Waals surface area contributed by atoms with Crippen LogP contribution in [0.1, 0.15) is 57.2 Å². The summed E-state index contributed by atoms with van der Waals surface area (Å²) in [5, 5.41) is 19.1. The fourth-order valence-corrected chi connectivity index (χ4v) is 5.08. The predicted molar refractivity (Wildman–Crippen MR) is 119 cm³/mol. The van der Waals surface area contributed by atoms with E-state index < -0.39 is 18.4 Å². The number of hydrogen-bond donors (Lipinski definition) is 2. The van der Waals surface area contributed by atoms with Gasteiger partial charge in [-0.3, -0.25) is 4.79 Å². The number of nitrogens with zero attached hydrogens (tertiary/aromatic N) is 1. The topological polar surface area (TPSA) is 115 Å². The third kappa shape index (κ3) is 5.98. The van der Waals surface area contributed by atoms with Crippen LogP contribution in [0.3, 0.4) is 0 Å². The number of carboxylic acids is 2. The average Bonchev–Trinajstić information content (AvgIpc) is 3.38. The van der Waals surface area contributed by atoms with Crippen molar-refractivity contribution in [1.82, 2.24) is 4.98 Å². The largest absolute Gasteiger partial charge is 0.496 e. The molecule has 2 N–H and O–H groups in total. The molecule has 1 atom stereocenters. The van der Waals surface area contributed by atoms with Gasteiger partial charge in [0.1, 0.15) is 16.4 Å². The van der Waals surface area contributed by atoms with E-state index in [1.165, 1.54) is 0 Å². The van der Waals surface area contributed by atoms with Crippen LogP contribution in [-0.4, -0.2) is 53.6 Å². The Morgan fingerprint density at radius 3 is 2.28 bits per heavy atom. The normalized spacial score (nSPS) is 15.0. The number of thiazole rings is 1. The van der Waals surface area contributed by atoms with Gasteiger partial charge in [0.05, 0.1) is 43.5 Å². The fourth-order valence-electron chi connectivity index (χ4n) is 4.10. The van der Waals surface area contributed by atoms with Crippen LogP contribution in [0, 0.1) is 6.92 Å². The summed E-state index contributed by atoms with van der Waals surface area (Å²) in [7, 11) is 3.23. The van der Waals surface area contributed by atoms with E-state index in [1.807, 2.05) is 19.1 Å². The van der Waals surface area contributed by atoms with Crippen molar-refractivity contribution in [3.63, 3.8) is 0 Å². The lowest BCUT2D eigenvalue weighted by Gasteiger charge is -2.22. The Morgan fingerprint density at radius 1 is 1.12 bits per heavy atom. The molecule has 2 aromatic rings.